The van der Waals surface area contributed by atoms with Crippen LogP contribution >= 0.6 is 0 Å². The van der Waals surface area contributed by atoms with Crippen LogP contribution in [-0.4, -0.2) is 14.2 Å². The first-order chi connectivity index (χ1) is 3.56. The fourth-order valence-electron chi connectivity index (χ4n) is 0.321. The molecular weight excluding hydrogens is 148 g/mol. The molecule has 0 unspecified atom stereocenters. The van der Waals surface area contributed by atoms with Crippen molar-refractivity contribution < 1.29 is 19.1 Å². The van der Waals surface area contributed by atoms with E-state index < -0.39 is 9.05 Å². The van der Waals surface area contributed by atoms with Gasteiger partial charge in [0.25, 0.3) is 0 Å². The molecule has 0 aliphatic heterocycles. The Hall–Kier alpha value is 0.240. The lowest BCUT2D eigenvalue weighted by Gasteiger charge is -1.83. The lowest BCUT2D eigenvalue weighted by atomic mass is 10.4. The molecule has 0 aliphatic rings. The van der Waals surface area contributed by atoms with Gasteiger partial charge >= 0.3 is 9.05 Å². The third kappa shape index (κ3) is 6.24. The Morgan fingerprint density at radius 2 is 2.00 bits per heavy atom. The van der Waals surface area contributed by atoms with Gasteiger partial charge in [-0.3, -0.25) is 0 Å². The molecular formula is C4H10ClO2S+. The number of unbranched alkanes of at least 4 members (excludes halogenated alkanes) is 1. The molecule has 0 fully saturated rings. The molecule has 2 nitrogen and oxygen atoms in total. The van der Waals surface area contributed by atoms with Gasteiger partial charge in [0.15, 0.2) is 0 Å². The average Bonchev–Trinajstić information content (AvgIpc) is 1.59. The summed E-state index contributed by atoms with van der Waals surface area (Å²) in [6, 6.07) is 0. The van der Waals surface area contributed by atoms with Gasteiger partial charge in [-0.2, -0.15) is 8.42 Å². The summed E-state index contributed by atoms with van der Waals surface area (Å²) < 4.78 is 20.4. The summed E-state index contributed by atoms with van der Waals surface area (Å²) in [5, 5.41) is 0. The zero-order chi connectivity index (χ0) is 6.62. The minimum absolute atomic E-state index is 0.152. The van der Waals surface area contributed by atoms with E-state index in [2.05, 4.69) is 10.7 Å². The van der Waals surface area contributed by atoms with Crippen LogP contribution in [0.3, 0.4) is 0 Å². The van der Waals surface area contributed by atoms with Crippen molar-refractivity contribution in [2.24, 2.45) is 0 Å². The molecule has 0 N–H and O–H groups in total. The van der Waals surface area contributed by atoms with Crippen molar-refractivity contribution in [2.45, 2.75) is 19.8 Å². The van der Waals surface area contributed by atoms with E-state index in [9.17, 15) is 8.42 Å². The van der Waals surface area contributed by atoms with Gasteiger partial charge in [0.1, 0.15) is 5.75 Å². The molecule has 0 saturated carbocycles. The predicted molar refractivity (Wildman–Crippen MR) is 30.1 cm³/mol. The van der Waals surface area contributed by atoms with Crippen LogP contribution in [0.15, 0.2) is 0 Å². The third-order valence-corrected chi connectivity index (χ3v) is 2.04. The molecule has 4 heteroatoms. The van der Waals surface area contributed by atoms with Gasteiger partial charge in [0, 0.05) is 0 Å². The minimum atomic E-state index is -3.10. The zero-order valence-corrected chi connectivity index (χ0v) is 6.39. The van der Waals surface area contributed by atoms with Gasteiger partial charge in [-0.15, -0.1) is 0 Å². The van der Waals surface area contributed by atoms with E-state index >= 15 is 0 Å². The summed E-state index contributed by atoms with van der Waals surface area (Å²) >= 11 is 0. The largest absolute Gasteiger partial charge is 0.379 e. The average molecular weight is 158 g/mol. The molecule has 8 heavy (non-hydrogen) atoms. The highest BCUT2D eigenvalue weighted by Crippen LogP contribution is 1.92. The highest BCUT2D eigenvalue weighted by atomic mass is 35.7. The molecule has 50 valence electrons. The Kier molecular flexibility index (Phi) is 3.40. The van der Waals surface area contributed by atoms with Crippen molar-refractivity contribution in [1.82, 2.24) is 0 Å². The Morgan fingerprint density at radius 1 is 1.50 bits per heavy atom. The van der Waals surface area contributed by atoms with E-state index in [-0.39, 0.29) is 5.75 Å². The Bertz CT molecular complexity index is 138. The summed E-state index contributed by atoms with van der Waals surface area (Å²) in [7, 11) is 1.02. The molecule has 0 amide bonds. The van der Waals surface area contributed by atoms with Gasteiger partial charge in [-0.1, -0.05) is 13.3 Å². The maximum atomic E-state index is 10.2. The van der Waals surface area contributed by atoms with Crippen molar-refractivity contribution in [1.29, 1.82) is 0 Å². The highest BCUT2D eigenvalue weighted by Gasteiger charge is 2.10. The Morgan fingerprint density at radius 3 is 2.12 bits per heavy atom. The number of rotatable bonds is 3. The molecule has 0 heterocycles. The first kappa shape index (κ1) is 8.24. The topological polar surface area (TPSA) is 34.1 Å². The van der Waals surface area contributed by atoms with Crippen LogP contribution in [0.2, 0.25) is 0 Å². The van der Waals surface area contributed by atoms with Crippen molar-refractivity contribution in [3.05, 3.63) is 0 Å². The maximum Gasteiger partial charge on any atom is 0.379 e. The Balaban J connectivity index is 3.42. The maximum absolute atomic E-state index is 10.2. The molecule has 0 radical (unpaired) electrons. The molecule has 0 spiro atoms. The van der Waals surface area contributed by atoms with Crippen LogP contribution < -0.4 is 0 Å². The summed E-state index contributed by atoms with van der Waals surface area (Å²) in [5.74, 6) is 0.152. The van der Waals surface area contributed by atoms with E-state index in [0.29, 0.717) is 6.42 Å². The van der Waals surface area contributed by atoms with Crippen molar-refractivity contribution in [2.75, 3.05) is 5.75 Å². The first-order valence-corrected chi connectivity index (χ1v) is 5.07. The second-order valence-electron chi connectivity index (χ2n) is 1.62. The summed E-state index contributed by atoms with van der Waals surface area (Å²) in [4.78, 5) is 0. The van der Waals surface area contributed by atoms with Gasteiger partial charge in [-0.25, -0.2) is 0 Å². The zero-order valence-electron chi connectivity index (χ0n) is 4.75. The first-order valence-electron chi connectivity index (χ1n) is 2.50. The van der Waals surface area contributed by atoms with E-state index in [1.807, 2.05) is 6.92 Å². The molecule has 0 atom stereocenters. The van der Waals surface area contributed by atoms with Gasteiger partial charge in [0.2, 0.25) is 10.7 Å². The van der Waals surface area contributed by atoms with Crippen LogP contribution in [0, 0.1) is 10.7 Å². The number of hydrogen-bond donors (Lipinski definition) is 0. The van der Waals surface area contributed by atoms with Crippen LogP contribution in [0.25, 0.3) is 0 Å². The fraction of sp³-hybridized carbons (Fsp3) is 1.00. The van der Waals surface area contributed by atoms with E-state index in [4.69, 9.17) is 0 Å². The molecule has 0 rings (SSSR count). The summed E-state index contributed by atoms with van der Waals surface area (Å²) in [6.45, 7) is 1.93. The van der Waals surface area contributed by atoms with E-state index in [1.165, 1.54) is 0 Å². The molecule has 0 aromatic heterocycles. The van der Waals surface area contributed by atoms with Crippen LogP contribution in [-0.2, 0) is 9.05 Å². The summed E-state index contributed by atoms with van der Waals surface area (Å²) in [5.41, 5.74) is 0. The second kappa shape index (κ2) is 3.30. The number of hydrogen-bond acceptors (Lipinski definition) is 2. The molecule has 0 aromatic carbocycles. The van der Waals surface area contributed by atoms with E-state index in [1.54, 1.807) is 0 Å². The molecule has 0 bridgehead atoms. The molecule has 0 aromatic rings. The second-order valence-corrected chi connectivity index (χ2v) is 4.66. The quantitative estimate of drug-likeness (QED) is 0.556. The monoisotopic (exact) mass is 157 g/mol. The molecule has 0 saturated heterocycles. The van der Waals surface area contributed by atoms with Gasteiger partial charge in [-0.05, 0) is 6.42 Å². The van der Waals surface area contributed by atoms with Crippen LogP contribution in [0.1, 0.15) is 19.8 Å². The van der Waals surface area contributed by atoms with Crippen LogP contribution in [0.5, 0.6) is 0 Å². The van der Waals surface area contributed by atoms with Gasteiger partial charge in [0.05, 0.1) is 0 Å². The van der Waals surface area contributed by atoms with Gasteiger partial charge < -0.3 is 0 Å². The standard InChI is InChI=1S/C4H10ClO2S/c1-2-3-4-8(5,6)7/h5H,2-4H2,1H3/q+1. The van der Waals surface area contributed by atoms with E-state index in [0.717, 1.165) is 6.42 Å². The predicted octanol–water partition coefficient (Wildman–Crippen LogP) is 0.398. The number of halogens is 1. The smallest absolute Gasteiger partial charge is 0.168 e. The minimum Gasteiger partial charge on any atom is -0.168 e. The van der Waals surface area contributed by atoms with Crippen molar-refractivity contribution >= 4 is 9.05 Å². The third-order valence-electron chi connectivity index (χ3n) is 0.748. The Labute approximate surface area is 54.3 Å². The SMILES string of the molecule is CCCCS(=O)(=O)[ClH+]. The lowest BCUT2D eigenvalue weighted by Crippen LogP contribution is -1.99. The fourth-order valence-corrected chi connectivity index (χ4v) is 1.32. The van der Waals surface area contributed by atoms with Crippen molar-refractivity contribution in [3.63, 3.8) is 0 Å². The lowest BCUT2D eigenvalue weighted by molar-refractivity contribution is -0.164. The van der Waals surface area contributed by atoms with Crippen molar-refractivity contribution in [3.8, 4) is 0 Å². The highest BCUT2D eigenvalue weighted by molar-refractivity contribution is 7.84. The molecule has 0 aliphatic carbocycles. The summed E-state index contributed by atoms with van der Waals surface area (Å²) in [6.07, 6.45) is 1.57. The van der Waals surface area contributed by atoms with Crippen LogP contribution in [0.4, 0.5) is 0 Å². The normalized spacial score (nSPS) is 11.8.